The van der Waals surface area contributed by atoms with Crippen molar-refractivity contribution in [2.24, 2.45) is 0 Å². The van der Waals surface area contributed by atoms with Crippen molar-refractivity contribution in [3.05, 3.63) is 46.2 Å². The Morgan fingerprint density at radius 1 is 0.810 bits per heavy atom. The number of hydrogen-bond acceptors (Lipinski definition) is 4. The van der Waals surface area contributed by atoms with Gasteiger partial charge >= 0.3 is 0 Å². The molecule has 0 aliphatic heterocycles. The zero-order valence-electron chi connectivity index (χ0n) is 11.7. The molecule has 0 radical (unpaired) electrons. The summed E-state index contributed by atoms with van der Waals surface area (Å²) in [6.45, 7) is 4.35. The van der Waals surface area contributed by atoms with E-state index in [-0.39, 0.29) is 0 Å². The lowest BCUT2D eigenvalue weighted by Crippen LogP contribution is -1.93. The zero-order chi connectivity index (χ0) is 14.4. The van der Waals surface area contributed by atoms with Crippen LogP contribution >= 0.6 is 22.7 Å². The van der Waals surface area contributed by atoms with E-state index in [9.17, 15) is 0 Å². The van der Waals surface area contributed by atoms with Crippen molar-refractivity contribution in [2.45, 2.75) is 13.8 Å². The third-order valence-electron chi connectivity index (χ3n) is 3.87. The van der Waals surface area contributed by atoms with Gasteiger partial charge in [-0.1, -0.05) is 12.1 Å². The summed E-state index contributed by atoms with van der Waals surface area (Å²) in [6, 6.07) is 8.44. The standard InChI is InChI=1S/C16H13N3S2/c1-9-10(2)14(12-6-4-8-21-12)16-15(17-19-18-16)13(9)11-5-3-7-20-11/h3-8H,1-2H3,(H,17,18,19). The molecule has 0 spiro atoms. The lowest BCUT2D eigenvalue weighted by Gasteiger charge is -2.12. The molecule has 3 aromatic heterocycles. The SMILES string of the molecule is Cc1c(C)c(-c2cccs2)c2n[nH]nc2c1-c1cccs1. The Labute approximate surface area is 130 Å². The van der Waals surface area contributed by atoms with Gasteiger partial charge in [-0.2, -0.15) is 15.4 Å². The number of nitrogens with one attached hydrogen (secondary N) is 1. The second kappa shape index (κ2) is 4.79. The number of aromatic nitrogens is 3. The maximum absolute atomic E-state index is 4.42. The molecule has 4 rings (SSSR count). The molecule has 0 atom stereocenters. The number of benzene rings is 1. The van der Waals surface area contributed by atoms with Gasteiger partial charge in [0.1, 0.15) is 11.0 Å². The third-order valence-corrected chi connectivity index (χ3v) is 5.64. The molecule has 0 saturated carbocycles. The van der Waals surface area contributed by atoms with Gasteiger partial charge in [0.15, 0.2) is 0 Å². The Balaban J connectivity index is 2.14. The fourth-order valence-corrected chi connectivity index (χ4v) is 4.41. The van der Waals surface area contributed by atoms with Crippen LogP contribution in [-0.2, 0) is 0 Å². The predicted octanol–water partition coefficient (Wildman–Crippen LogP) is 5.03. The molecule has 3 nitrogen and oxygen atoms in total. The summed E-state index contributed by atoms with van der Waals surface area (Å²) in [5, 5.41) is 15.9. The minimum atomic E-state index is 0.962. The van der Waals surface area contributed by atoms with E-state index in [0.29, 0.717) is 0 Å². The van der Waals surface area contributed by atoms with Crippen molar-refractivity contribution in [2.75, 3.05) is 0 Å². The van der Waals surface area contributed by atoms with Crippen LogP contribution in [0.15, 0.2) is 35.0 Å². The second-order valence-electron chi connectivity index (χ2n) is 4.98. The highest BCUT2D eigenvalue weighted by atomic mass is 32.1. The van der Waals surface area contributed by atoms with Gasteiger partial charge in [-0.25, -0.2) is 0 Å². The van der Waals surface area contributed by atoms with Crippen molar-refractivity contribution in [3.8, 4) is 20.9 Å². The maximum Gasteiger partial charge on any atom is 0.122 e. The molecule has 1 aromatic carbocycles. The Bertz CT molecular complexity index is 829. The minimum absolute atomic E-state index is 0.962. The summed E-state index contributed by atoms with van der Waals surface area (Å²) in [5.41, 5.74) is 6.88. The molecule has 0 bridgehead atoms. The summed E-state index contributed by atoms with van der Waals surface area (Å²) in [7, 11) is 0. The van der Waals surface area contributed by atoms with Gasteiger partial charge in [0.25, 0.3) is 0 Å². The van der Waals surface area contributed by atoms with E-state index < -0.39 is 0 Å². The first-order valence-electron chi connectivity index (χ1n) is 6.68. The van der Waals surface area contributed by atoms with Crippen LogP contribution in [0.5, 0.6) is 0 Å². The minimum Gasteiger partial charge on any atom is -0.197 e. The number of thiophene rings is 2. The normalized spacial score (nSPS) is 11.3. The summed E-state index contributed by atoms with van der Waals surface area (Å²) in [5.74, 6) is 0. The number of H-pyrrole nitrogens is 1. The first-order valence-corrected chi connectivity index (χ1v) is 8.44. The molecular formula is C16H13N3S2. The Hall–Kier alpha value is -1.98. The third kappa shape index (κ3) is 1.85. The lowest BCUT2D eigenvalue weighted by molar-refractivity contribution is 0.960. The highest BCUT2D eigenvalue weighted by Gasteiger charge is 2.20. The smallest absolute Gasteiger partial charge is 0.122 e. The molecule has 4 aromatic rings. The molecule has 0 fully saturated rings. The fourth-order valence-electron chi connectivity index (χ4n) is 2.75. The van der Waals surface area contributed by atoms with Gasteiger partial charge in [0.2, 0.25) is 0 Å². The number of hydrogen-bond donors (Lipinski definition) is 1. The number of aromatic amines is 1. The van der Waals surface area contributed by atoms with E-state index >= 15 is 0 Å². The van der Waals surface area contributed by atoms with Crippen molar-refractivity contribution >= 4 is 33.7 Å². The van der Waals surface area contributed by atoms with E-state index in [2.05, 4.69) is 64.3 Å². The molecule has 0 aliphatic carbocycles. The molecule has 0 saturated heterocycles. The van der Waals surface area contributed by atoms with Gasteiger partial charge < -0.3 is 0 Å². The highest BCUT2D eigenvalue weighted by molar-refractivity contribution is 7.14. The van der Waals surface area contributed by atoms with E-state index in [1.165, 1.54) is 32.0 Å². The summed E-state index contributed by atoms with van der Waals surface area (Å²) in [4.78, 5) is 2.49. The van der Waals surface area contributed by atoms with E-state index in [4.69, 9.17) is 0 Å². The molecule has 104 valence electrons. The molecule has 0 amide bonds. The van der Waals surface area contributed by atoms with Gasteiger partial charge in [-0.05, 0) is 47.9 Å². The van der Waals surface area contributed by atoms with Crippen LogP contribution in [0.2, 0.25) is 0 Å². The van der Waals surface area contributed by atoms with E-state index in [0.717, 1.165) is 11.0 Å². The summed E-state index contributed by atoms with van der Waals surface area (Å²) in [6.07, 6.45) is 0. The van der Waals surface area contributed by atoms with Crippen LogP contribution in [0, 0.1) is 13.8 Å². The van der Waals surface area contributed by atoms with Crippen molar-refractivity contribution < 1.29 is 0 Å². The lowest BCUT2D eigenvalue weighted by atomic mass is 9.94. The highest BCUT2D eigenvalue weighted by Crippen LogP contribution is 2.41. The first kappa shape index (κ1) is 12.7. The Morgan fingerprint density at radius 2 is 1.29 bits per heavy atom. The predicted molar refractivity (Wildman–Crippen MR) is 90.0 cm³/mol. The van der Waals surface area contributed by atoms with Gasteiger partial charge in [-0.3, -0.25) is 0 Å². The van der Waals surface area contributed by atoms with Crippen LogP contribution < -0.4 is 0 Å². The zero-order valence-corrected chi connectivity index (χ0v) is 13.3. The first-order chi connectivity index (χ1) is 10.3. The fraction of sp³-hybridized carbons (Fsp3) is 0.125. The van der Waals surface area contributed by atoms with Crippen LogP contribution in [0.4, 0.5) is 0 Å². The van der Waals surface area contributed by atoms with Crippen LogP contribution in [0.25, 0.3) is 31.9 Å². The number of fused-ring (bicyclic) bond motifs is 1. The number of nitrogens with zero attached hydrogens (tertiary/aromatic N) is 2. The largest absolute Gasteiger partial charge is 0.197 e. The average molecular weight is 311 g/mol. The molecule has 0 unspecified atom stereocenters. The summed E-state index contributed by atoms with van der Waals surface area (Å²) >= 11 is 3.48. The van der Waals surface area contributed by atoms with Gasteiger partial charge in [-0.15, -0.1) is 22.7 Å². The topological polar surface area (TPSA) is 41.6 Å². The molecule has 1 N–H and O–H groups in total. The van der Waals surface area contributed by atoms with Gasteiger partial charge in [0.05, 0.1) is 0 Å². The van der Waals surface area contributed by atoms with Crippen LogP contribution in [-0.4, -0.2) is 15.4 Å². The van der Waals surface area contributed by atoms with Crippen LogP contribution in [0.3, 0.4) is 0 Å². The molecule has 21 heavy (non-hydrogen) atoms. The number of rotatable bonds is 2. The van der Waals surface area contributed by atoms with Gasteiger partial charge in [0, 0.05) is 20.9 Å². The van der Waals surface area contributed by atoms with E-state index in [1.807, 2.05) is 0 Å². The quantitative estimate of drug-likeness (QED) is 0.564. The molecular weight excluding hydrogens is 298 g/mol. The van der Waals surface area contributed by atoms with E-state index in [1.54, 1.807) is 22.7 Å². The summed E-state index contributed by atoms with van der Waals surface area (Å²) < 4.78 is 0. The van der Waals surface area contributed by atoms with Crippen LogP contribution in [0.1, 0.15) is 11.1 Å². The van der Waals surface area contributed by atoms with Crippen molar-refractivity contribution in [1.82, 2.24) is 15.4 Å². The monoisotopic (exact) mass is 311 g/mol. The maximum atomic E-state index is 4.42. The average Bonchev–Trinajstić information content (AvgIpc) is 3.21. The molecule has 5 heteroatoms. The second-order valence-corrected chi connectivity index (χ2v) is 6.87. The van der Waals surface area contributed by atoms with Crippen molar-refractivity contribution in [3.63, 3.8) is 0 Å². The van der Waals surface area contributed by atoms with Crippen molar-refractivity contribution in [1.29, 1.82) is 0 Å². The molecule has 3 heterocycles. The Morgan fingerprint density at radius 3 is 1.67 bits per heavy atom. The molecule has 0 aliphatic rings. The Kier molecular flexibility index (Phi) is 2.90.